The van der Waals surface area contributed by atoms with E-state index in [0.29, 0.717) is 6.42 Å². The average Bonchev–Trinajstić information content (AvgIpc) is 3.13. The Morgan fingerprint density at radius 1 is 1.07 bits per heavy atom. The van der Waals surface area contributed by atoms with Gasteiger partial charge < -0.3 is 10.6 Å². The maximum atomic E-state index is 13.2. The zero-order valence-corrected chi connectivity index (χ0v) is 16.4. The lowest BCUT2D eigenvalue weighted by Gasteiger charge is -2.22. The predicted molar refractivity (Wildman–Crippen MR) is 107 cm³/mol. The van der Waals surface area contributed by atoms with Crippen molar-refractivity contribution in [1.29, 1.82) is 0 Å². The van der Waals surface area contributed by atoms with Crippen LogP contribution in [0, 0.1) is 5.82 Å². The first-order chi connectivity index (χ1) is 14.3. The monoisotopic (exact) mass is 435 g/mol. The number of urea groups is 1. The largest absolute Gasteiger partial charge is 0.416 e. The summed E-state index contributed by atoms with van der Waals surface area (Å²) in [6.07, 6.45) is -1.98. The average molecular weight is 435 g/mol. The summed E-state index contributed by atoms with van der Waals surface area (Å²) in [6.45, 7) is 0. The van der Waals surface area contributed by atoms with Gasteiger partial charge in [0.05, 0.1) is 17.3 Å². The number of carbonyl (C=O) groups is 1. The molecule has 0 spiro atoms. The number of hydrogen-bond acceptors (Lipinski definition) is 3. The molecule has 1 aromatic heterocycles. The first-order valence-corrected chi connectivity index (χ1v) is 10.1. The quantitative estimate of drug-likeness (QED) is 0.484. The number of fused-ring (bicyclic) bond motifs is 1. The Labute approximate surface area is 174 Å². The van der Waals surface area contributed by atoms with E-state index in [0.717, 1.165) is 46.1 Å². The molecule has 1 atom stereocenters. The molecule has 0 saturated carbocycles. The number of aryl methyl sites for hydroxylation is 1. The van der Waals surface area contributed by atoms with E-state index in [9.17, 15) is 22.4 Å². The Hall–Kier alpha value is -2.94. The van der Waals surface area contributed by atoms with Crippen molar-refractivity contribution in [2.45, 2.75) is 31.5 Å². The third-order valence-electron chi connectivity index (χ3n) is 4.82. The molecule has 0 aliphatic heterocycles. The number of benzene rings is 2. The molecule has 2 amide bonds. The van der Waals surface area contributed by atoms with Crippen molar-refractivity contribution < 1.29 is 22.4 Å². The molecule has 1 aliphatic rings. The molecule has 1 unspecified atom stereocenters. The predicted octanol–water partition coefficient (Wildman–Crippen LogP) is 6.17. The van der Waals surface area contributed by atoms with Crippen LogP contribution in [-0.4, -0.2) is 11.0 Å². The van der Waals surface area contributed by atoms with Crippen molar-refractivity contribution in [2.24, 2.45) is 0 Å². The third-order valence-corrected chi connectivity index (χ3v) is 6.00. The van der Waals surface area contributed by atoms with Gasteiger partial charge in [0.15, 0.2) is 0 Å². The molecule has 2 aromatic carbocycles. The number of thiazole rings is 1. The smallest absolute Gasteiger partial charge is 0.329 e. The topological polar surface area (TPSA) is 54.0 Å². The van der Waals surface area contributed by atoms with Crippen LogP contribution in [0.2, 0.25) is 0 Å². The number of anilines is 1. The number of carbonyl (C=O) groups excluding carboxylic acids is 1. The van der Waals surface area contributed by atoms with Crippen molar-refractivity contribution in [3.05, 3.63) is 70.5 Å². The Morgan fingerprint density at radius 2 is 1.77 bits per heavy atom. The summed E-state index contributed by atoms with van der Waals surface area (Å²) >= 11 is 1.52. The highest BCUT2D eigenvalue weighted by Gasteiger charge is 2.30. The number of rotatable bonds is 3. The summed E-state index contributed by atoms with van der Waals surface area (Å²) in [6, 6.07) is 9.55. The molecule has 156 valence electrons. The van der Waals surface area contributed by atoms with Crippen molar-refractivity contribution >= 4 is 23.1 Å². The van der Waals surface area contributed by atoms with Crippen LogP contribution in [0.25, 0.3) is 10.6 Å². The number of aromatic nitrogens is 1. The molecule has 2 N–H and O–H groups in total. The highest BCUT2D eigenvalue weighted by atomic mass is 32.1. The third kappa shape index (κ3) is 4.46. The van der Waals surface area contributed by atoms with Gasteiger partial charge in [-0.2, -0.15) is 13.2 Å². The van der Waals surface area contributed by atoms with Gasteiger partial charge in [0.1, 0.15) is 10.8 Å². The summed E-state index contributed by atoms with van der Waals surface area (Å²) < 4.78 is 51.1. The number of halogens is 4. The van der Waals surface area contributed by atoms with Gasteiger partial charge in [0, 0.05) is 16.1 Å². The first kappa shape index (κ1) is 20.3. The van der Waals surface area contributed by atoms with Crippen LogP contribution in [-0.2, 0) is 12.6 Å². The Balaban J connectivity index is 1.46. The SMILES string of the molecule is O=C(Nc1ccc(C(F)(F)F)cc1)NC1CCCc2sc(-c3ccc(F)cc3)nc21. The van der Waals surface area contributed by atoms with E-state index in [4.69, 9.17) is 0 Å². The molecule has 4 rings (SSSR count). The summed E-state index contributed by atoms with van der Waals surface area (Å²) in [7, 11) is 0. The first-order valence-electron chi connectivity index (χ1n) is 9.30. The molecular formula is C21H17F4N3OS. The lowest BCUT2D eigenvalue weighted by atomic mass is 9.98. The van der Waals surface area contributed by atoms with E-state index in [1.54, 1.807) is 12.1 Å². The second-order valence-corrected chi connectivity index (χ2v) is 8.04. The minimum absolute atomic E-state index is 0.266. The second-order valence-electron chi connectivity index (χ2n) is 6.95. The molecule has 30 heavy (non-hydrogen) atoms. The Kier molecular flexibility index (Phi) is 5.46. The number of alkyl halides is 3. The van der Waals surface area contributed by atoms with Crippen molar-refractivity contribution in [3.8, 4) is 10.6 Å². The number of nitrogens with one attached hydrogen (secondary N) is 2. The van der Waals surface area contributed by atoms with Crippen LogP contribution in [0.1, 0.15) is 35.0 Å². The normalized spacial score (nSPS) is 16.1. The standard InChI is InChI=1S/C21H17F4N3OS/c22-14-8-4-12(5-9-14)19-28-18-16(2-1-3-17(18)30-19)27-20(29)26-15-10-6-13(7-11-15)21(23,24)25/h4-11,16H,1-3H2,(H2,26,27,29). The molecule has 0 saturated heterocycles. The molecule has 1 aliphatic carbocycles. The van der Waals surface area contributed by atoms with Crippen LogP contribution in [0.4, 0.5) is 28.0 Å². The van der Waals surface area contributed by atoms with Gasteiger partial charge in [-0.25, -0.2) is 14.2 Å². The molecule has 0 bridgehead atoms. The van der Waals surface area contributed by atoms with Crippen molar-refractivity contribution in [1.82, 2.24) is 10.3 Å². The highest BCUT2D eigenvalue weighted by Crippen LogP contribution is 2.37. The van der Waals surface area contributed by atoms with Gasteiger partial charge in [0.25, 0.3) is 0 Å². The lowest BCUT2D eigenvalue weighted by Crippen LogP contribution is -2.34. The van der Waals surface area contributed by atoms with Gasteiger partial charge in [-0.1, -0.05) is 0 Å². The zero-order valence-electron chi connectivity index (χ0n) is 15.6. The van der Waals surface area contributed by atoms with Crippen LogP contribution in [0.3, 0.4) is 0 Å². The van der Waals surface area contributed by atoms with E-state index in [1.807, 2.05) is 0 Å². The minimum atomic E-state index is -4.42. The van der Waals surface area contributed by atoms with Gasteiger partial charge in [-0.15, -0.1) is 11.3 Å². The molecule has 0 radical (unpaired) electrons. The van der Waals surface area contributed by atoms with Gasteiger partial charge in [0.2, 0.25) is 0 Å². The fourth-order valence-electron chi connectivity index (χ4n) is 3.34. The Bertz CT molecular complexity index is 1050. The summed E-state index contributed by atoms with van der Waals surface area (Å²) in [5, 5.41) is 6.18. The van der Waals surface area contributed by atoms with E-state index in [1.165, 1.54) is 35.6 Å². The van der Waals surface area contributed by atoms with E-state index in [2.05, 4.69) is 15.6 Å². The minimum Gasteiger partial charge on any atom is -0.329 e. The number of amides is 2. The van der Waals surface area contributed by atoms with E-state index in [-0.39, 0.29) is 17.5 Å². The Morgan fingerprint density at radius 3 is 2.43 bits per heavy atom. The summed E-state index contributed by atoms with van der Waals surface area (Å²) in [5.74, 6) is -0.320. The number of hydrogen-bond donors (Lipinski definition) is 2. The van der Waals surface area contributed by atoms with Crippen molar-refractivity contribution in [3.63, 3.8) is 0 Å². The van der Waals surface area contributed by atoms with Crippen molar-refractivity contribution in [2.75, 3.05) is 5.32 Å². The molecule has 4 nitrogen and oxygen atoms in total. The molecule has 1 heterocycles. The highest BCUT2D eigenvalue weighted by molar-refractivity contribution is 7.15. The zero-order chi connectivity index (χ0) is 21.3. The maximum Gasteiger partial charge on any atom is 0.416 e. The number of nitrogens with zero attached hydrogens (tertiary/aromatic N) is 1. The van der Waals surface area contributed by atoms with E-state index < -0.39 is 17.8 Å². The van der Waals surface area contributed by atoms with Crippen LogP contribution in [0.15, 0.2) is 48.5 Å². The molecule has 0 fully saturated rings. The summed E-state index contributed by atoms with van der Waals surface area (Å²) in [4.78, 5) is 18.1. The van der Waals surface area contributed by atoms with Crippen LogP contribution in [0.5, 0.6) is 0 Å². The van der Waals surface area contributed by atoms with Gasteiger partial charge in [-0.3, -0.25) is 0 Å². The van der Waals surface area contributed by atoms with E-state index >= 15 is 0 Å². The fraction of sp³-hybridized carbons (Fsp3) is 0.238. The molecule has 3 aromatic rings. The molecular weight excluding hydrogens is 418 g/mol. The second kappa shape index (κ2) is 8.06. The maximum absolute atomic E-state index is 13.2. The fourth-order valence-corrected chi connectivity index (χ4v) is 4.51. The molecule has 9 heteroatoms. The van der Waals surface area contributed by atoms with Crippen LogP contribution < -0.4 is 10.6 Å². The van der Waals surface area contributed by atoms with Gasteiger partial charge >= 0.3 is 12.2 Å². The van der Waals surface area contributed by atoms with Gasteiger partial charge in [-0.05, 0) is 67.8 Å². The van der Waals surface area contributed by atoms with Crippen LogP contribution >= 0.6 is 11.3 Å². The summed E-state index contributed by atoms with van der Waals surface area (Å²) in [5.41, 5.74) is 1.08. The lowest BCUT2D eigenvalue weighted by molar-refractivity contribution is -0.137.